The van der Waals surface area contributed by atoms with Gasteiger partial charge in [0.1, 0.15) is 5.82 Å². The second-order valence-corrected chi connectivity index (χ2v) is 3.97. The first-order chi connectivity index (χ1) is 7.36. The third-order valence-corrected chi connectivity index (χ3v) is 2.73. The fourth-order valence-electron chi connectivity index (χ4n) is 1.81. The Bertz CT molecular complexity index is 310. The van der Waals surface area contributed by atoms with E-state index in [0.29, 0.717) is 18.1 Å². The molecule has 1 unspecified atom stereocenters. The Morgan fingerprint density at radius 1 is 1.40 bits per heavy atom. The van der Waals surface area contributed by atoms with Gasteiger partial charge in [0.25, 0.3) is 0 Å². The summed E-state index contributed by atoms with van der Waals surface area (Å²) in [4.78, 5) is 0. The van der Waals surface area contributed by atoms with E-state index in [0.717, 1.165) is 26.1 Å². The third kappa shape index (κ3) is 3.01. The van der Waals surface area contributed by atoms with E-state index < -0.39 is 0 Å². The van der Waals surface area contributed by atoms with Crippen molar-refractivity contribution in [2.24, 2.45) is 5.92 Å². The number of halogens is 1. The monoisotopic (exact) mass is 209 g/mol. The van der Waals surface area contributed by atoms with Crippen LogP contribution in [0.1, 0.15) is 12.0 Å². The van der Waals surface area contributed by atoms with Crippen LogP contribution < -0.4 is 5.32 Å². The molecule has 2 rings (SSSR count). The fourth-order valence-corrected chi connectivity index (χ4v) is 1.81. The summed E-state index contributed by atoms with van der Waals surface area (Å²) in [6.07, 6.45) is 1.16. The van der Waals surface area contributed by atoms with Crippen molar-refractivity contribution in [3.8, 4) is 0 Å². The third-order valence-electron chi connectivity index (χ3n) is 2.73. The molecule has 1 N–H and O–H groups in total. The van der Waals surface area contributed by atoms with Crippen molar-refractivity contribution in [3.05, 3.63) is 35.6 Å². The van der Waals surface area contributed by atoms with E-state index in [4.69, 9.17) is 4.74 Å². The highest BCUT2D eigenvalue weighted by Gasteiger charge is 2.14. The molecule has 1 fully saturated rings. The van der Waals surface area contributed by atoms with Crippen LogP contribution in [0.2, 0.25) is 0 Å². The molecule has 2 nitrogen and oxygen atoms in total. The number of nitrogens with one attached hydrogen (secondary N) is 1. The molecule has 1 heterocycles. The average molecular weight is 209 g/mol. The Hall–Kier alpha value is -0.930. The minimum atomic E-state index is -0.179. The van der Waals surface area contributed by atoms with Crippen LogP contribution in [0.4, 0.5) is 4.39 Å². The molecule has 1 saturated heterocycles. The Morgan fingerprint density at radius 3 is 3.00 bits per heavy atom. The lowest BCUT2D eigenvalue weighted by Gasteiger charge is -2.09. The van der Waals surface area contributed by atoms with Crippen molar-refractivity contribution in [3.63, 3.8) is 0 Å². The van der Waals surface area contributed by atoms with Gasteiger partial charge in [0.15, 0.2) is 0 Å². The highest BCUT2D eigenvalue weighted by molar-refractivity contribution is 5.16. The van der Waals surface area contributed by atoms with Crippen molar-refractivity contribution in [2.75, 3.05) is 19.7 Å². The summed E-state index contributed by atoms with van der Waals surface area (Å²) < 4.78 is 18.7. The molecule has 82 valence electrons. The molecular weight excluding hydrogens is 193 g/mol. The van der Waals surface area contributed by atoms with Gasteiger partial charge in [-0.15, -0.1) is 0 Å². The summed E-state index contributed by atoms with van der Waals surface area (Å²) in [5, 5.41) is 3.28. The Labute approximate surface area is 89.4 Å². The summed E-state index contributed by atoms with van der Waals surface area (Å²) in [6.45, 7) is 3.20. The minimum Gasteiger partial charge on any atom is -0.376 e. The molecule has 0 aromatic heterocycles. The number of rotatable bonds is 4. The lowest BCUT2D eigenvalue weighted by atomic mass is 10.1. The van der Waals surface area contributed by atoms with Crippen LogP contribution in [0.3, 0.4) is 0 Å². The van der Waals surface area contributed by atoms with Crippen molar-refractivity contribution in [1.29, 1.82) is 0 Å². The lowest BCUT2D eigenvalue weighted by Crippen LogP contribution is -2.13. The standard InChI is InChI=1S/C12H16FNO/c13-12-4-2-1-3-11(12)9-15-8-10-5-6-14-7-10/h1-4,10,14H,5-9H2. The number of benzene rings is 1. The predicted octanol–water partition coefficient (Wildman–Crippen LogP) is 1.95. The fraction of sp³-hybridized carbons (Fsp3) is 0.500. The molecule has 0 spiro atoms. The SMILES string of the molecule is Fc1ccccc1COCC1CCNC1. The second kappa shape index (κ2) is 5.24. The summed E-state index contributed by atoms with van der Waals surface area (Å²) in [5.74, 6) is 0.416. The number of hydrogen-bond acceptors (Lipinski definition) is 2. The maximum atomic E-state index is 13.2. The molecule has 3 heteroatoms. The lowest BCUT2D eigenvalue weighted by molar-refractivity contribution is 0.0905. The molecule has 1 aliphatic rings. The summed E-state index contributed by atoms with van der Waals surface area (Å²) >= 11 is 0. The zero-order valence-corrected chi connectivity index (χ0v) is 8.71. The number of hydrogen-bond donors (Lipinski definition) is 1. The molecule has 0 saturated carbocycles. The van der Waals surface area contributed by atoms with Crippen LogP contribution in [0.25, 0.3) is 0 Å². The normalized spacial score (nSPS) is 20.7. The smallest absolute Gasteiger partial charge is 0.128 e. The van der Waals surface area contributed by atoms with Gasteiger partial charge in [0.2, 0.25) is 0 Å². The zero-order valence-electron chi connectivity index (χ0n) is 8.71. The first-order valence-corrected chi connectivity index (χ1v) is 5.38. The van der Waals surface area contributed by atoms with Crippen molar-refractivity contribution >= 4 is 0 Å². The highest BCUT2D eigenvalue weighted by Crippen LogP contribution is 2.11. The van der Waals surface area contributed by atoms with Crippen molar-refractivity contribution in [2.45, 2.75) is 13.0 Å². The molecule has 1 atom stereocenters. The van der Waals surface area contributed by atoms with Crippen LogP contribution in [-0.2, 0) is 11.3 Å². The van der Waals surface area contributed by atoms with Gasteiger partial charge in [0.05, 0.1) is 13.2 Å². The van der Waals surface area contributed by atoms with Gasteiger partial charge in [-0.3, -0.25) is 0 Å². The predicted molar refractivity (Wildman–Crippen MR) is 57.0 cm³/mol. The van der Waals surface area contributed by atoms with Crippen LogP contribution in [0.15, 0.2) is 24.3 Å². The van der Waals surface area contributed by atoms with Crippen LogP contribution >= 0.6 is 0 Å². The van der Waals surface area contributed by atoms with Crippen LogP contribution in [-0.4, -0.2) is 19.7 Å². The van der Waals surface area contributed by atoms with Gasteiger partial charge in [-0.25, -0.2) is 4.39 Å². The maximum Gasteiger partial charge on any atom is 0.128 e. The zero-order chi connectivity index (χ0) is 10.5. The largest absolute Gasteiger partial charge is 0.376 e. The molecule has 1 aliphatic heterocycles. The van der Waals surface area contributed by atoms with E-state index in [1.807, 2.05) is 6.07 Å². The van der Waals surface area contributed by atoms with Crippen LogP contribution in [0.5, 0.6) is 0 Å². The van der Waals surface area contributed by atoms with Crippen molar-refractivity contribution < 1.29 is 9.13 Å². The van der Waals surface area contributed by atoms with Crippen molar-refractivity contribution in [1.82, 2.24) is 5.32 Å². The highest BCUT2D eigenvalue weighted by atomic mass is 19.1. The summed E-state index contributed by atoms with van der Waals surface area (Å²) in [5.41, 5.74) is 0.642. The number of ether oxygens (including phenoxy) is 1. The Kier molecular flexibility index (Phi) is 3.69. The van der Waals surface area contributed by atoms with Gasteiger partial charge < -0.3 is 10.1 Å². The van der Waals surface area contributed by atoms with E-state index in [-0.39, 0.29) is 5.82 Å². The average Bonchev–Trinajstić information content (AvgIpc) is 2.74. The molecule has 0 radical (unpaired) electrons. The van der Waals surface area contributed by atoms with Gasteiger partial charge in [0, 0.05) is 12.1 Å². The van der Waals surface area contributed by atoms with E-state index >= 15 is 0 Å². The molecule has 15 heavy (non-hydrogen) atoms. The van der Waals surface area contributed by atoms with Crippen LogP contribution in [0, 0.1) is 11.7 Å². The summed E-state index contributed by atoms with van der Waals surface area (Å²) in [6, 6.07) is 6.76. The molecule has 0 bridgehead atoms. The Morgan fingerprint density at radius 2 is 2.27 bits per heavy atom. The first-order valence-electron chi connectivity index (χ1n) is 5.38. The quantitative estimate of drug-likeness (QED) is 0.818. The van der Waals surface area contributed by atoms with Gasteiger partial charge in [-0.1, -0.05) is 18.2 Å². The summed E-state index contributed by atoms with van der Waals surface area (Å²) in [7, 11) is 0. The van der Waals surface area contributed by atoms with Gasteiger partial charge in [-0.05, 0) is 24.9 Å². The molecule has 1 aromatic carbocycles. The molecule has 0 aliphatic carbocycles. The maximum absolute atomic E-state index is 13.2. The van der Waals surface area contributed by atoms with E-state index in [1.54, 1.807) is 12.1 Å². The minimum absolute atomic E-state index is 0.179. The topological polar surface area (TPSA) is 21.3 Å². The first kappa shape index (κ1) is 10.6. The van der Waals surface area contributed by atoms with E-state index in [1.165, 1.54) is 6.07 Å². The second-order valence-electron chi connectivity index (χ2n) is 3.97. The van der Waals surface area contributed by atoms with Gasteiger partial charge >= 0.3 is 0 Å². The molecule has 1 aromatic rings. The van der Waals surface area contributed by atoms with E-state index in [2.05, 4.69) is 5.32 Å². The van der Waals surface area contributed by atoms with Gasteiger partial charge in [-0.2, -0.15) is 0 Å². The molecular formula is C12H16FNO. The van der Waals surface area contributed by atoms with E-state index in [9.17, 15) is 4.39 Å². The molecule has 0 amide bonds. The Balaban J connectivity index is 1.75.